The van der Waals surface area contributed by atoms with Crippen LogP contribution in [-0.4, -0.2) is 14.2 Å². The molecule has 29 heavy (non-hydrogen) atoms. The van der Waals surface area contributed by atoms with E-state index in [0.29, 0.717) is 5.92 Å². The van der Waals surface area contributed by atoms with Crippen molar-refractivity contribution in [3.8, 4) is 11.5 Å². The van der Waals surface area contributed by atoms with Crippen molar-refractivity contribution in [3.63, 3.8) is 0 Å². The second kappa shape index (κ2) is 9.15. The molecule has 2 unspecified atom stereocenters. The van der Waals surface area contributed by atoms with E-state index in [1.165, 1.54) is 22.3 Å². The Bertz CT molecular complexity index is 924. The van der Waals surface area contributed by atoms with Crippen LogP contribution in [0, 0.1) is 5.92 Å². The molecule has 0 saturated carbocycles. The maximum atomic E-state index is 5.61. The van der Waals surface area contributed by atoms with Gasteiger partial charge in [0, 0.05) is 12.6 Å². The molecular weight excluding hydrogens is 358 g/mol. The van der Waals surface area contributed by atoms with E-state index in [0.717, 1.165) is 37.3 Å². The second-order valence-corrected chi connectivity index (χ2v) is 7.74. The fourth-order valence-corrected chi connectivity index (χ4v) is 4.44. The average molecular weight is 388 g/mol. The molecule has 0 amide bonds. The summed E-state index contributed by atoms with van der Waals surface area (Å²) in [6.07, 6.45) is 3.29. The van der Waals surface area contributed by atoms with Gasteiger partial charge in [-0.15, -0.1) is 0 Å². The lowest BCUT2D eigenvalue weighted by atomic mass is 9.76. The van der Waals surface area contributed by atoms with Crippen molar-refractivity contribution < 1.29 is 9.47 Å². The van der Waals surface area contributed by atoms with E-state index in [1.54, 1.807) is 14.2 Å². The number of hydrogen-bond donors (Lipinski definition) is 1. The highest BCUT2D eigenvalue weighted by Gasteiger charge is 2.31. The van der Waals surface area contributed by atoms with Gasteiger partial charge in [-0.1, -0.05) is 60.7 Å². The first-order valence-corrected chi connectivity index (χ1v) is 10.3. The summed E-state index contributed by atoms with van der Waals surface area (Å²) in [5, 5.41) is 3.86. The molecule has 3 aromatic rings. The van der Waals surface area contributed by atoms with Gasteiger partial charge >= 0.3 is 0 Å². The van der Waals surface area contributed by atoms with Gasteiger partial charge in [-0.05, 0) is 59.6 Å². The number of fused-ring (bicyclic) bond motifs is 1. The third-order valence-corrected chi connectivity index (χ3v) is 5.95. The molecule has 0 heterocycles. The average Bonchev–Trinajstić information content (AvgIpc) is 2.78. The number of methoxy groups -OCH3 is 2. The Kier molecular flexibility index (Phi) is 6.16. The van der Waals surface area contributed by atoms with E-state index >= 15 is 0 Å². The highest BCUT2D eigenvalue weighted by molar-refractivity contribution is 5.49. The van der Waals surface area contributed by atoms with Gasteiger partial charge < -0.3 is 14.8 Å². The van der Waals surface area contributed by atoms with Crippen LogP contribution < -0.4 is 14.8 Å². The first-order chi connectivity index (χ1) is 14.3. The summed E-state index contributed by atoms with van der Waals surface area (Å²) in [5.41, 5.74) is 5.40. The molecule has 0 saturated heterocycles. The molecule has 0 aromatic heterocycles. The first kappa shape index (κ1) is 19.5. The molecule has 0 radical (unpaired) electrons. The maximum absolute atomic E-state index is 5.61. The molecule has 0 bridgehead atoms. The lowest BCUT2D eigenvalue weighted by Crippen LogP contribution is -2.33. The Morgan fingerprint density at radius 2 is 1.45 bits per heavy atom. The molecule has 1 N–H and O–H groups in total. The largest absolute Gasteiger partial charge is 0.493 e. The zero-order valence-corrected chi connectivity index (χ0v) is 17.2. The van der Waals surface area contributed by atoms with Crippen LogP contribution in [0.5, 0.6) is 11.5 Å². The molecule has 4 rings (SSSR count). The van der Waals surface area contributed by atoms with Gasteiger partial charge in [0.15, 0.2) is 11.5 Å². The van der Waals surface area contributed by atoms with Crippen LogP contribution in [-0.2, 0) is 19.4 Å². The van der Waals surface area contributed by atoms with Crippen molar-refractivity contribution in [2.45, 2.75) is 31.8 Å². The molecule has 3 aromatic carbocycles. The molecule has 1 aliphatic carbocycles. The Hall–Kier alpha value is -2.78. The van der Waals surface area contributed by atoms with Crippen LogP contribution in [0.4, 0.5) is 0 Å². The predicted octanol–water partition coefficient (Wildman–Crippen LogP) is 5.34. The lowest BCUT2D eigenvalue weighted by molar-refractivity contribution is 0.310. The second-order valence-electron chi connectivity index (χ2n) is 7.74. The summed E-state index contributed by atoms with van der Waals surface area (Å²) in [4.78, 5) is 0. The molecule has 2 atom stereocenters. The summed E-state index contributed by atoms with van der Waals surface area (Å²) in [7, 11) is 3.41. The van der Waals surface area contributed by atoms with Crippen molar-refractivity contribution in [1.82, 2.24) is 5.32 Å². The maximum Gasteiger partial charge on any atom is 0.161 e. The van der Waals surface area contributed by atoms with Gasteiger partial charge in [0.05, 0.1) is 14.2 Å². The van der Waals surface area contributed by atoms with Gasteiger partial charge in [0.25, 0.3) is 0 Å². The van der Waals surface area contributed by atoms with Crippen molar-refractivity contribution in [1.29, 1.82) is 0 Å². The van der Waals surface area contributed by atoms with Crippen molar-refractivity contribution >= 4 is 0 Å². The highest BCUT2D eigenvalue weighted by Crippen LogP contribution is 2.41. The number of benzene rings is 3. The molecule has 0 fully saturated rings. The SMILES string of the molecule is COc1cc2c(cc1OC)C(NCc1ccccc1)C(Cc1ccccc1)CC2. The standard InChI is InChI=1S/C26H29NO2/c1-28-24-16-21-13-14-22(15-19-9-5-3-6-10-19)26(23(21)17-25(24)29-2)27-18-20-11-7-4-8-12-20/h3-12,16-17,22,26-27H,13-15,18H2,1-2H3. The third-order valence-electron chi connectivity index (χ3n) is 5.95. The quantitative estimate of drug-likeness (QED) is 0.594. The minimum absolute atomic E-state index is 0.277. The zero-order chi connectivity index (χ0) is 20.1. The van der Waals surface area contributed by atoms with E-state index < -0.39 is 0 Å². The summed E-state index contributed by atoms with van der Waals surface area (Å²) in [5.74, 6) is 2.15. The molecular formula is C26H29NO2. The predicted molar refractivity (Wildman–Crippen MR) is 118 cm³/mol. The van der Waals surface area contributed by atoms with Gasteiger partial charge in [0.2, 0.25) is 0 Å². The Morgan fingerprint density at radius 3 is 2.10 bits per heavy atom. The van der Waals surface area contributed by atoms with Crippen LogP contribution >= 0.6 is 0 Å². The number of hydrogen-bond acceptors (Lipinski definition) is 3. The summed E-state index contributed by atoms with van der Waals surface area (Å²) in [6, 6.07) is 26.0. The molecule has 0 aliphatic heterocycles. The van der Waals surface area contributed by atoms with Crippen LogP contribution in [0.15, 0.2) is 72.8 Å². The molecule has 3 heteroatoms. The third kappa shape index (κ3) is 4.46. The fraction of sp³-hybridized carbons (Fsp3) is 0.308. The van der Waals surface area contributed by atoms with Gasteiger partial charge in [-0.3, -0.25) is 0 Å². The minimum Gasteiger partial charge on any atom is -0.493 e. The Morgan fingerprint density at radius 1 is 0.828 bits per heavy atom. The topological polar surface area (TPSA) is 30.5 Å². The van der Waals surface area contributed by atoms with Gasteiger partial charge in [0.1, 0.15) is 0 Å². The van der Waals surface area contributed by atoms with Gasteiger partial charge in [-0.2, -0.15) is 0 Å². The van der Waals surface area contributed by atoms with Crippen molar-refractivity contribution in [3.05, 3.63) is 95.1 Å². The number of rotatable bonds is 7. The van der Waals surface area contributed by atoms with E-state index in [1.807, 2.05) is 0 Å². The number of nitrogens with one attached hydrogen (secondary N) is 1. The monoisotopic (exact) mass is 387 g/mol. The fourth-order valence-electron chi connectivity index (χ4n) is 4.44. The molecule has 0 spiro atoms. The van der Waals surface area contributed by atoms with Crippen molar-refractivity contribution in [2.75, 3.05) is 14.2 Å². The molecule has 1 aliphatic rings. The van der Waals surface area contributed by atoms with E-state index in [-0.39, 0.29) is 6.04 Å². The summed E-state index contributed by atoms with van der Waals surface area (Å²) in [6.45, 7) is 0.852. The van der Waals surface area contributed by atoms with E-state index in [4.69, 9.17) is 9.47 Å². The van der Waals surface area contributed by atoms with Crippen molar-refractivity contribution in [2.24, 2.45) is 5.92 Å². The smallest absolute Gasteiger partial charge is 0.161 e. The Labute approximate surface area is 173 Å². The molecule has 3 nitrogen and oxygen atoms in total. The van der Waals surface area contributed by atoms with E-state index in [2.05, 4.69) is 78.1 Å². The summed E-state index contributed by atoms with van der Waals surface area (Å²) < 4.78 is 11.2. The Balaban J connectivity index is 1.65. The first-order valence-electron chi connectivity index (χ1n) is 10.3. The number of aryl methyl sites for hydroxylation is 1. The minimum atomic E-state index is 0.277. The summed E-state index contributed by atoms with van der Waals surface area (Å²) >= 11 is 0. The van der Waals surface area contributed by atoms with Crippen LogP contribution in [0.3, 0.4) is 0 Å². The zero-order valence-electron chi connectivity index (χ0n) is 17.2. The number of ether oxygens (including phenoxy) is 2. The normalized spacial score (nSPS) is 18.1. The van der Waals surface area contributed by atoms with Crippen LogP contribution in [0.1, 0.15) is 34.7 Å². The van der Waals surface area contributed by atoms with Crippen LogP contribution in [0.25, 0.3) is 0 Å². The highest BCUT2D eigenvalue weighted by atomic mass is 16.5. The van der Waals surface area contributed by atoms with Gasteiger partial charge in [-0.25, -0.2) is 0 Å². The lowest BCUT2D eigenvalue weighted by Gasteiger charge is -2.35. The molecule has 150 valence electrons. The van der Waals surface area contributed by atoms with E-state index in [9.17, 15) is 0 Å². The van der Waals surface area contributed by atoms with Crippen LogP contribution in [0.2, 0.25) is 0 Å².